The van der Waals surface area contributed by atoms with Gasteiger partial charge < -0.3 is 10.2 Å². The van der Waals surface area contributed by atoms with Crippen molar-refractivity contribution in [3.63, 3.8) is 0 Å². The van der Waals surface area contributed by atoms with Gasteiger partial charge in [0.1, 0.15) is 0 Å². The molecule has 1 aromatic rings. The second-order valence-corrected chi connectivity index (χ2v) is 4.64. The van der Waals surface area contributed by atoms with Gasteiger partial charge in [-0.1, -0.05) is 0 Å². The van der Waals surface area contributed by atoms with Crippen LogP contribution in [0.3, 0.4) is 0 Å². The second-order valence-electron chi connectivity index (χ2n) is 4.64. The molecule has 0 aromatic carbocycles. The molecule has 0 saturated carbocycles. The van der Waals surface area contributed by atoms with E-state index in [1.54, 1.807) is 0 Å². The van der Waals surface area contributed by atoms with Crippen molar-refractivity contribution >= 4 is 5.95 Å². The first-order valence-electron chi connectivity index (χ1n) is 5.76. The minimum Gasteiger partial charge on any atom is -0.338 e. The minimum absolute atomic E-state index is 0.264. The normalized spacial score (nSPS) is 25.3. The zero-order chi connectivity index (χ0) is 13.3. The van der Waals surface area contributed by atoms with Crippen LogP contribution >= 0.6 is 0 Å². The third kappa shape index (κ3) is 2.90. The Hall–Kier alpha value is -1.37. The number of halogens is 3. The van der Waals surface area contributed by atoms with Gasteiger partial charge >= 0.3 is 6.18 Å². The van der Waals surface area contributed by atoms with E-state index in [0.29, 0.717) is 19.0 Å². The molecule has 0 unspecified atom stereocenters. The van der Waals surface area contributed by atoms with Gasteiger partial charge in [-0.15, -0.1) is 0 Å². The van der Waals surface area contributed by atoms with Gasteiger partial charge in [0.2, 0.25) is 5.95 Å². The number of nitrogens with zero attached hydrogens (tertiary/aromatic N) is 3. The van der Waals surface area contributed by atoms with E-state index in [-0.39, 0.29) is 12.1 Å². The lowest BCUT2D eigenvalue weighted by Gasteiger charge is -2.36. The fourth-order valence-corrected chi connectivity index (χ4v) is 2.12. The van der Waals surface area contributed by atoms with Crippen LogP contribution in [0.1, 0.15) is 19.4 Å². The third-order valence-electron chi connectivity index (χ3n) is 2.81. The lowest BCUT2D eigenvalue weighted by atomic mass is 10.1. The van der Waals surface area contributed by atoms with E-state index < -0.39 is 11.7 Å². The molecule has 1 N–H and O–H groups in total. The molecule has 0 radical (unpaired) electrons. The van der Waals surface area contributed by atoms with E-state index in [4.69, 9.17) is 0 Å². The van der Waals surface area contributed by atoms with E-state index in [1.807, 2.05) is 18.7 Å². The van der Waals surface area contributed by atoms with Crippen molar-refractivity contribution in [2.45, 2.75) is 32.1 Å². The predicted octanol–water partition coefficient (Wildman–Crippen LogP) is 1.68. The van der Waals surface area contributed by atoms with Crippen molar-refractivity contribution in [2.24, 2.45) is 0 Å². The smallest absolute Gasteiger partial charge is 0.338 e. The summed E-state index contributed by atoms with van der Waals surface area (Å²) < 4.78 is 37.1. The molecular formula is C11H15F3N4. The number of alkyl halides is 3. The standard InChI is InChI=1S/C11H15F3N4/c1-7-5-18(6-8(2)17-7)10-15-3-9(4-16-10)11(12,13)14/h3-4,7-8,17H,5-6H2,1-2H3/t7-,8+. The summed E-state index contributed by atoms with van der Waals surface area (Å²) in [6.07, 6.45) is -2.72. The van der Waals surface area contributed by atoms with Gasteiger partial charge in [-0.2, -0.15) is 13.2 Å². The Morgan fingerprint density at radius 2 is 1.67 bits per heavy atom. The highest BCUT2D eigenvalue weighted by Gasteiger charge is 2.32. The molecule has 0 spiro atoms. The highest BCUT2D eigenvalue weighted by atomic mass is 19.4. The Bertz CT molecular complexity index is 394. The molecule has 2 rings (SSSR count). The number of piperazine rings is 1. The van der Waals surface area contributed by atoms with E-state index in [9.17, 15) is 13.2 Å². The Morgan fingerprint density at radius 3 is 2.11 bits per heavy atom. The Labute approximate surface area is 103 Å². The van der Waals surface area contributed by atoms with Crippen molar-refractivity contribution in [2.75, 3.05) is 18.0 Å². The Balaban J connectivity index is 2.14. The van der Waals surface area contributed by atoms with Gasteiger partial charge in [0.05, 0.1) is 5.56 Å². The molecule has 1 fully saturated rings. The number of aromatic nitrogens is 2. The maximum Gasteiger partial charge on any atom is 0.419 e. The average Bonchev–Trinajstić information content (AvgIpc) is 2.27. The molecule has 0 aliphatic carbocycles. The fraction of sp³-hybridized carbons (Fsp3) is 0.636. The van der Waals surface area contributed by atoms with Crippen molar-refractivity contribution < 1.29 is 13.2 Å². The van der Waals surface area contributed by atoms with Crippen LogP contribution in [0.15, 0.2) is 12.4 Å². The number of hydrogen-bond acceptors (Lipinski definition) is 4. The van der Waals surface area contributed by atoms with Crippen LogP contribution in [-0.4, -0.2) is 35.1 Å². The molecular weight excluding hydrogens is 245 g/mol. The van der Waals surface area contributed by atoms with Crippen LogP contribution < -0.4 is 10.2 Å². The maximum absolute atomic E-state index is 12.4. The van der Waals surface area contributed by atoms with Gasteiger partial charge in [0, 0.05) is 37.6 Å². The molecule has 100 valence electrons. The zero-order valence-corrected chi connectivity index (χ0v) is 10.2. The van der Waals surface area contributed by atoms with E-state index >= 15 is 0 Å². The summed E-state index contributed by atoms with van der Waals surface area (Å²) in [7, 11) is 0. The van der Waals surface area contributed by atoms with Crippen LogP contribution in [0, 0.1) is 0 Å². The van der Waals surface area contributed by atoms with Crippen molar-refractivity contribution in [1.29, 1.82) is 0 Å². The SMILES string of the molecule is C[C@@H]1CN(c2ncc(C(F)(F)F)cn2)C[C@H](C)N1. The van der Waals surface area contributed by atoms with E-state index in [0.717, 1.165) is 12.4 Å². The zero-order valence-electron chi connectivity index (χ0n) is 10.2. The quantitative estimate of drug-likeness (QED) is 0.834. The number of anilines is 1. The first-order chi connectivity index (χ1) is 8.36. The lowest BCUT2D eigenvalue weighted by Crippen LogP contribution is -2.54. The summed E-state index contributed by atoms with van der Waals surface area (Å²) in [5.74, 6) is 0.350. The van der Waals surface area contributed by atoms with Crippen LogP contribution in [0.5, 0.6) is 0 Å². The maximum atomic E-state index is 12.4. The van der Waals surface area contributed by atoms with Gasteiger partial charge in [-0.3, -0.25) is 0 Å². The van der Waals surface area contributed by atoms with Crippen molar-refractivity contribution in [3.8, 4) is 0 Å². The summed E-state index contributed by atoms with van der Waals surface area (Å²) >= 11 is 0. The summed E-state index contributed by atoms with van der Waals surface area (Å²) in [6.45, 7) is 5.42. The predicted molar refractivity (Wildman–Crippen MR) is 61.3 cm³/mol. The number of nitrogens with one attached hydrogen (secondary N) is 1. The molecule has 1 saturated heterocycles. The topological polar surface area (TPSA) is 41.1 Å². The Morgan fingerprint density at radius 1 is 1.17 bits per heavy atom. The molecule has 7 heteroatoms. The molecule has 18 heavy (non-hydrogen) atoms. The van der Waals surface area contributed by atoms with Gasteiger partial charge in [-0.25, -0.2) is 9.97 Å². The minimum atomic E-state index is -4.39. The van der Waals surface area contributed by atoms with Crippen LogP contribution in [0.2, 0.25) is 0 Å². The number of rotatable bonds is 1. The van der Waals surface area contributed by atoms with Gasteiger partial charge in [0.25, 0.3) is 0 Å². The van der Waals surface area contributed by atoms with E-state index in [1.165, 1.54) is 0 Å². The third-order valence-corrected chi connectivity index (χ3v) is 2.81. The van der Waals surface area contributed by atoms with Gasteiger partial charge in [0.15, 0.2) is 0 Å². The monoisotopic (exact) mass is 260 g/mol. The molecule has 1 aromatic heterocycles. The molecule has 0 bridgehead atoms. The molecule has 1 aliphatic heterocycles. The lowest BCUT2D eigenvalue weighted by molar-refractivity contribution is -0.138. The molecule has 2 atom stereocenters. The molecule has 1 aliphatic rings. The summed E-state index contributed by atoms with van der Waals surface area (Å²) in [5, 5.41) is 3.34. The van der Waals surface area contributed by atoms with Crippen LogP contribution in [0.25, 0.3) is 0 Å². The highest BCUT2D eigenvalue weighted by Crippen LogP contribution is 2.28. The Kier molecular flexibility index (Phi) is 3.43. The highest BCUT2D eigenvalue weighted by molar-refractivity contribution is 5.32. The summed E-state index contributed by atoms with van der Waals surface area (Å²) in [4.78, 5) is 9.50. The molecule has 0 amide bonds. The average molecular weight is 260 g/mol. The first-order valence-corrected chi connectivity index (χ1v) is 5.76. The largest absolute Gasteiger partial charge is 0.419 e. The fourth-order valence-electron chi connectivity index (χ4n) is 2.12. The first kappa shape index (κ1) is 13.1. The summed E-state index contributed by atoms with van der Waals surface area (Å²) in [6, 6.07) is 0.527. The van der Waals surface area contributed by atoms with Gasteiger partial charge in [-0.05, 0) is 13.8 Å². The van der Waals surface area contributed by atoms with Crippen LogP contribution in [0.4, 0.5) is 19.1 Å². The van der Waals surface area contributed by atoms with Crippen molar-refractivity contribution in [3.05, 3.63) is 18.0 Å². The van der Waals surface area contributed by atoms with E-state index in [2.05, 4.69) is 15.3 Å². The van der Waals surface area contributed by atoms with Crippen molar-refractivity contribution in [1.82, 2.24) is 15.3 Å². The molecule has 2 heterocycles. The summed E-state index contributed by atoms with van der Waals surface area (Å²) in [5.41, 5.74) is -0.817. The second kappa shape index (κ2) is 4.72. The molecule has 4 nitrogen and oxygen atoms in total. The number of hydrogen-bond donors (Lipinski definition) is 1. The van der Waals surface area contributed by atoms with Crippen LogP contribution in [-0.2, 0) is 6.18 Å².